The summed E-state index contributed by atoms with van der Waals surface area (Å²) in [6.45, 7) is 4.27. The Morgan fingerprint density at radius 2 is 2.09 bits per heavy atom. The van der Waals surface area contributed by atoms with E-state index in [1.54, 1.807) is 0 Å². The van der Waals surface area contributed by atoms with Gasteiger partial charge in [0.05, 0.1) is 5.69 Å². The quantitative estimate of drug-likeness (QED) is 0.862. The van der Waals surface area contributed by atoms with Gasteiger partial charge in [0.2, 0.25) is 5.91 Å². The summed E-state index contributed by atoms with van der Waals surface area (Å²) in [7, 11) is 0. The minimum absolute atomic E-state index is 0.0636. The zero-order valence-corrected chi connectivity index (χ0v) is 14.4. The molecule has 3 N–H and O–H groups in total. The monoisotopic (exact) mass is 336 g/mol. The van der Waals surface area contributed by atoms with E-state index in [0.29, 0.717) is 16.4 Å². The standard InChI is InChI=1S/C16H24N4O2S/c1-2-11-13(23-15(17)19-11)14(22)20-9-6-16(7-10-20)4-3-12(21)18-8-5-16/h2-10H2,1H3,(H2,17,19)(H,18,21). The van der Waals surface area contributed by atoms with Gasteiger partial charge in [-0.1, -0.05) is 18.3 Å². The molecule has 126 valence electrons. The van der Waals surface area contributed by atoms with E-state index in [0.717, 1.165) is 57.4 Å². The highest BCUT2D eigenvalue weighted by Crippen LogP contribution is 2.40. The lowest BCUT2D eigenvalue weighted by atomic mass is 9.73. The molecule has 3 rings (SSSR count). The van der Waals surface area contributed by atoms with Crippen molar-refractivity contribution in [1.82, 2.24) is 15.2 Å². The van der Waals surface area contributed by atoms with Crippen LogP contribution in [0.15, 0.2) is 0 Å². The number of rotatable bonds is 2. The number of likely N-dealkylation sites (tertiary alicyclic amines) is 1. The van der Waals surface area contributed by atoms with Crippen LogP contribution in [0.1, 0.15) is 54.4 Å². The van der Waals surface area contributed by atoms with Crippen LogP contribution in [-0.2, 0) is 11.2 Å². The van der Waals surface area contributed by atoms with Crippen LogP contribution in [0.5, 0.6) is 0 Å². The molecule has 7 heteroatoms. The van der Waals surface area contributed by atoms with Crippen molar-refractivity contribution in [1.29, 1.82) is 0 Å². The van der Waals surface area contributed by atoms with Crippen LogP contribution >= 0.6 is 11.3 Å². The third-order valence-electron chi connectivity index (χ3n) is 5.21. The highest BCUT2D eigenvalue weighted by molar-refractivity contribution is 7.17. The number of nitrogen functional groups attached to an aromatic ring is 1. The fourth-order valence-electron chi connectivity index (χ4n) is 3.66. The summed E-state index contributed by atoms with van der Waals surface area (Å²) in [6, 6.07) is 0. The van der Waals surface area contributed by atoms with Crippen LogP contribution in [0, 0.1) is 5.41 Å². The van der Waals surface area contributed by atoms with E-state index in [4.69, 9.17) is 5.73 Å². The minimum atomic E-state index is 0.0636. The molecule has 2 amide bonds. The Labute approximate surface area is 140 Å². The molecule has 6 nitrogen and oxygen atoms in total. The second-order valence-corrected chi connectivity index (χ2v) is 7.60. The first-order valence-corrected chi connectivity index (χ1v) is 9.16. The number of nitrogens with two attached hydrogens (primary N) is 1. The predicted molar refractivity (Wildman–Crippen MR) is 90.3 cm³/mol. The summed E-state index contributed by atoms with van der Waals surface area (Å²) in [6.07, 6.45) is 5.25. The maximum atomic E-state index is 12.8. The molecule has 23 heavy (non-hydrogen) atoms. The molecular weight excluding hydrogens is 312 g/mol. The maximum absolute atomic E-state index is 12.8. The van der Waals surface area contributed by atoms with Gasteiger partial charge in [0, 0.05) is 26.1 Å². The zero-order chi connectivity index (χ0) is 16.4. The SMILES string of the molecule is CCc1nc(N)sc1C(=O)N1CCC2(CCNC(=O)CC2)CC1. The van der Waals surface area contributed by atoms with E-state index in [1.807, 2.05) is 11.8 Å². The van der Waals surface area contributed by atoms with Gasteiger partial charge in [0.15, 0.2) is 5.13 Å². The second-order valence-electron chi connectivity index (χ2n) is 6.57. The summed E-state index contributed by atoms with van der Waals surface area (Å²) < 4.78 is 0. The highest BCUT2D eigenvalue weighted by atomic mass is 32.1. The van der Waals surface area contributed by atoms with Crippen molar-refractivity contribution in [2.24, 2.45) is 5.41 Å². The molecule has 1 spiro atoms. The van der Waals surface area contributed by atoms with E-state index >= 15 is 0 Å². The molecule has 0 bridgehead atoms. The molecule has 2 saturated heterocycles. The lowest BCUT2D eigenvalue weighted by Crippen LogP contribution is -2.43. The average Bonchev–Trinajstić information content (AvgIpc) is 2.84. The van der Waals surface area contributed by atoms with Gasteiger partial charge in [-0.2, -0.15) is 0 Å². The van der Waals surface area contributed by atoms with E-state index in [1.165, 1.54) is 11.3 Å². The molecule has 2 aliphatic heterocycles. The van der Waals surface area contributed by atoms with Crippen molar-refractivity contribution in [3.8, 4) is 0 Å². The smallest absolute Gasteiger partial charge is 0.265 e. The van der Waals surface area contributed by atoms with Crippen molar-refractivity contribution < 1.29 is 9.59 Å². The lowest BCUT2D eigenvalue weighted by Gasteiger charge is -2.41. The summed E-state index contributed by atoms with van der Waals surface area (Å²) in [5.41, 5.74) is 6.79. The molecule has 0 aromatic carbocycles. The van der Waals surface area contributed by atoms with Gasteiger partial charge >= 0.3 is 0 Å². The zero-order valence-electron chi connectivity index (χ0n) is 13.6. The second kappa shape index (κ2) is 6.47. The Morgan fingerprint density at radius 1 is 1.35 bits per heavy atom. The molecular formula is C16H24N4O2S. The fraction of sp³-hybridized carbons (Fsp3) is 0.688. The van der Waals surface area contributed by atoms with E-state index < -0.39 is 0 Å². The number of piperidine rings is 1. The Bertz CT molecular complexity index is 605. The van der Waals surface area contributed by atoms with Crippen LogP contribution in [0.25, 0.3) is 0 Å². The van der Waals surface area contributed by atoms with Gasteiger partial charge in [0.25, 0.3) is 5.91 Å². The first-order chi connectivity index (χ1) is 11.0. The number of hydrogen-bond acceptors (Lipinski definition) is 5. The average molecular weight is 336 g/mol. The van der Waals surface area contributed by atoms with Crippen molar-refractivity contribution in [3.63, 3.8) is 0 Å². The molecule has 3 heterocycles. The lowest BCUT2D eigenvalue weighted by molar-refractivity contribution is -0.121. The van der Waals surface area contributed by atoms with E-state index in [2.05, 4.69) is 10.3 Å². The van der Waals surface area contributed by atoms with Gasteiger partial charge < -0.3 is 16.0 Å². The van der Waals surface area contributed by atoms with Gasteiger partial charge in [-0.25, -0.2) is 4.98 Å². The Morgan fingerprint density at radius 3 is 2.78 bits per heavy atom. The molecule has 1 aromatic heterocycles. The first kappa shape index (κ1) is 16.2. The van der Waals surface area contributed by atoms with E-state index in [-0.39, 0.29) is 17.2 Å². The molecule has 0 aliphatic carbocycles. The Kier molecular flexibility index (Phi) is 4.57. The van der Waals surface area contributed by atoms with Crippen LogP contribution in [-0.4, -0.2) is 41.3 Å². The first-order valence-electron chi connectivity index (χ1n) is 8.34. The third kappa shape index (κ3) is 3.34. The highest BCUT2D eigenvalue weighted by Gasteiger charge is 2.37. The summed E-state index contributed by atoms with van der Waals surface area (Å²) in [4.78, 5) is 31.2. The number of anilines is 1. The summed E-state index contributed by atoms with van der Waals surface area (Å²) in [5.74, 6) is 0.224. The Balaban J connectivity index is 1.66. The summed E-state index contributed by atoms with van der Waals surface area (Å²) in [5, 5.41) is 3.42. The number of nitrogens with one attached hydrogen (secondary N) is 1. The van der Waals surface area contributed by atoms with Crippen molar-refractivity contribution >= 4 is 28.3 Å². The fourth-order valence-corrected chi connectivity index (χ4v) is 4.55. The van der Waals surface area contributed by atoms with Crippen LogP contribution in [0.4, 0.5) is 5.13 Å². The molecule has 1 aromatic rings. The topological polar surface area (TPSA) is 88.3 Å². The van der Waals surface area contributed by atoms with Crippen LogP contribution in [0.3, 0.4) is 0 Å². The van der Waals surface area contributed by atoms with Gasteiger partial charge in [-0.3, -0.25) is 9.59 Å². The van der Waals surface area contributed by atoms with Gasteiger partial charge in [0.1, 0.15) is 4.88 Å². The minimum Gasteiger partial charge on any atom is -0.375 e. The van der Waals surface area contributed by atoms with Gasteiger partial charge in [-0.05, 0) is 37.5 Å². The number of nitrogens with zero attached hydrogens (tertiary/aromatic N) is 2. The Hall–Kier alpha value is -1.63. The number of amides is 2. The molecule has 0 unspecified atom stereocenters. The summed E-state index contributed by atoms with van der Waals surface area (Å²) >= 11 is 1.29. The predicted octanol–water partition coefficient (Wildman–Crippen LogP) is 1.81. The largest absolute Gasteiger partial charge is 0.375 e. The number of hydrogen-bond donors (Lipinski definition) is 2. The number of aromatic nitrogens is 1. The van der Waals surface area contributed by atoms with Crippen molar-refractivity contribution in [2.45, 2.75) is 45.4 Å². The van der Waals surface area contributed by atoms with Crippen LogP contribution < -0.4 is 11.1 Å². The number of thiazole rings is 1. The van der Waals surface area contributed by atoms with Crippen molar-refractivity contribution in [3.05, 3.63) is 10.6 Å². The molecule has 0 atom stereocenters. The molecule has 2 fully saturated rings. The van der Waals surface area contributed by atoms with Gasteiger partial charge in [-0.15, -0.1) is 0 Å². The molecule has 0 saturated carbocycles. The van der Waals surface area contributed by atoms with Crippen LogP contribution in [0.2, 0.25) is 0 Å². The van der Waals surface area contributed by atoms with E-state index in [9.17, 15) is 9.59 Å². The number of aryl methyl sites for hydroxylation is 1. The van der Waals surface area contributed by atoms with Crippen molar-refractivity contribution in [2.75, 3.05) is 25.4 Å². The molecule has 0 radical (unpaired) electrons. The normalized spacial score (nSPS) is 21.1. The molecule has 2 aliphatic rings. The number of carbonyl (C=O) groups excluding carboxylic acids is 2. The number of carbonyl (C=O) groups is 2. The third-order valence-corrected chi connectivity index (χ3v) is 6.13. The maximum Gasteiger partial charge on any atom is 0.265 e.